The van der Waals surface area contributed by atoms with Gasteiger partial charge in [-0.2, -0.15) is 0 Å². The maximum atomic E-state index is 5.73. The fourth-order valence-electron chi connectivity index (χ4n) is 4.04. The lowest BCUT2D eigenvalue weighted by Gasteiger charge is -2.25. The second-order valence-corrected chi connectivity index (χ2v) is 28.2. The highest BCUT2D eigenvalue weighted by Crippen LogP contribution is 2.28. The van der Waals surface area contributed by atoms with Crippen molar-refractivity contribution in [1.29, 1.82) is 0 Å². The van der Waals surface area contributed by atoms with E-state index in [0.717, 1.165) is 25.4 Å². The molecule has 0 aliphatic heterocycles. The molecular formula is C51H104O3SSi. The summed E-state index contributed by atoms with van der Waals surface area (Å²) in [7, 11) is 0.460. The van der Waals surface area contributed by atoms with Crippen LogP contribution in [0, 0.1) is 32.5 Å². The van der Waals surface area contributed by atoms with E-state index in [4.69, 9.17) is 13.6 Å². The van der Waals surface area contributed by atoms with E-state index in [9.17, 15) is 0 Å². The van der Waals surface area contributed by atoms with Gasteiger partial charge in [-0.25, -0.2) is 0 Å². The molecule has 0 radical (unpaired) electrons. The molecule has 56 heavy (non-hydrogen) atoms. The van der Waals surface area contributed by atoms with Crippen LogP contribution in [0.25, 0.3) is 0 Å². The Bertz CT molecular complexity index is 1110. The van der Waals surface area contributed by atoms with Crippen LogP contribution in [-0.4, -0.2) is 28.6 Å². The first-order valence-electron chi connectivity index (χ1n) is 20.1. The first kappa shape index (κ1) is 66.4. The Morgan fingerprint density at radius 2 is 1.09 bits per heavy atom. The summed E-state index contributed by atoms with van der Waals surface area (Å²) in [5.74, 6) is 1.08. The first-order chi connectivity index (χ1) is 23.6. The predicted octanol–water partition coefficient (Wildman–Crippen LogP) is 18.4. The minimum Gasteiger partial charge on any atom is -0.469 e. The molecule has 0 spiro atoms. The van der Waals surface area contributed by atoms with Crippen molar-refractivity contribution in [3.05, 3.63) is 70.3 Å². The Balaban J connectivity index is -0.000000134. The van der Waals surface area contributed by atoms with Crippen LogP contribution in [0.3, 0.4) is 0 Å². The summed E-state index contributed by atoms with van der Waals surface area (Å²) in [6.45, 7) is 50.7. The summed E-state index contributed by atoms with van der Waals surface area (Å²) in [6.07, 6.45) is 14.2. The van der Waals surface area contributed by atoms with Gasteiger partial charge in [0.25, 0.3) is 0 Å². The smallest absolute Gasteiger partial charge is 0.183 e. The largest absolute Gasteiger partial charge is 0.469 e. The van der Waals surface area contributed by atoms with Gasteiger partial charge in [0.1, 0.15) is 5.76 Å². The van der Waals surface area contributed by atoms with Crippen molar-refractivity contribution >= 4 is 19.7 Å². The third-order valence-electron chi connectivity index (χ3n) is 6.75. The van der Waals surface area contributed by atoms with Gasteiger partial charge < -0.3 is 13.6 Å². The van der Waals surface area contributed by atoms with Gasteiger partial charge in [-0.1, -0.05) is 190 Å². The molecule has 2 heterocycles. The van der Waals surface area contributed by atoms with Gasteiger partial charge >= 0.3 is 0 Å². The van der Waals surface area contributed by atoms with Gasteiger partial charge in [0.05, 0.1) is 12.9 Å². The third kappa shape index (κ3) is 59.3. The molecule has 5 heteroatoms. The Morgan fingerprint density at radius 1 is 0.625 bits per heavy atom. The van der Waals surface area contributed by atoms with Crippen molar-refractivity contribution in [2.75, 3.05) is 20.3 Å². The number of hydrogen-bond acceptors (Lipinski definition) is 4. The van der Waals surface area contributed by atoms with Crippen LogP contribution in [-0.2, 0) is 22.0 Å². The molecular weight excluding hydrogens is 721 g/mol. The van der Waals surface area contributed by atoms with Crippen molar-refractivity contribution < 1.29 is 13.6 Å². The number of rotatable bonds is 6. The molecule has 3 nitrogen and oxygen atoms in total. The van der Waals surface area contributed by atoms with Gasteiger partial charge in [0, 0.05) is 25.0 Å². The van der Waals surface area contributed by atoms with Crippen molar-refractivity contribution in [1.82, 2.24) is 0 Å². The Morgan fingerprint density at radius 3 is 1.32 bits per heavy atom. The molecule has 2 aromatic heterocycles. The molecule has 0 unspecified atom stereocenters. The fourth-order valence-corrected chi connectivity index (χ4v) is 5.91. The van der Waals surface area contributed by atoms with E-state index in [-0.39, 0.29) is 22.3 Å². The highest BCUT2D eigenvalue weighted by atomic mass is 32.1. The van der Waals surface area contributed by atoms with Gasteiger partial charge in [-0.05, 0) is 95.0 Å². The van der Waals surface area contributed by atoms with E-state index in [1.165, 1.54) is 30.6 Å². The average Bonchev–Trinajstić information content (AvgIpc) is 3.71. The van der Waals surface area contributed by atoms with Crippen molar-refractivity contribution in [2.45, 2.75) is 206 Å². The number of hydrogen-bond donors (Lipinski definition) is 0. The lowest BCUT2D eigenvalue weighted by Crippen LogP contribution is -2.30. The fraction of sp³-hybridized carbons (Fsp3) is 0.765. The predicted molar refractivity (Wildman–Crippen MR) is 265 cm³/mol. The van der Waals surface area contributed by atoms with Crippen LogP contribution >= 0.6 is 11.3 Å². The lowest BCUT2D eigenvalue weighted by molar-refractivity contribution is 0.116. The van der Waals surface area contributed by atoms with Crippen molar-refractivity contribution in [3.63, 3.8) is 0 Å². The molecule has 1 aliphatic carbocycles. The van der Waals surface area contributed by atoms with Gasteiger partial charge in [0.15, 0.2) is 8.32 Å². The van der Waals surface area contributed by atoms with E-state index in [1.807, 2.05) is 23.5 Å². The van der Waals surface area contributed by atoms with E-state index >= 15 is 0 Å². The zero-order valence-electron chi connectivity index (χ0n) is 39.8. The zero-order valence-corrected chi connectivity index (χ0v) is 41.6. The van der Waals surface area contributed by atoms with Gasteiger partial charge in [-0.15, -0.1) is 11.3 Å². The molecule has 2 aromatic rings. The molecule has 1 aliphatic rings. The zero-order chi connectivity index (χ0) is 42.4. The highest BCUT2D eigenvalue weighted by Gasteiger charge is 2.19. The lowest BCUT2D eigenvalue weighted by atomic mass is 9.88. The topological polar surface area (TPSA) is 31.6 Å². The minimum absolute atomic E-state index is 0. The Kier molecular flexibility index (Phi) is 36.3. The molecule has 336 valence electrons. The van der Waals surface area contributed by atoms with Crippen LogP contribution in [0.4, 0.5) is 0 Å². The summed E-state index contributed by atoms with van der Waals surface area (Å²) >= 11 is 1.85. The standard InChI is InChI=1S/C10H16.C9H14O.C9H14S.C8H20OSi.C6H14O.C6H14.3CH4/c1-10(2,3)8-9-6-4-5-7-9;2*1-9(2,3)7-8-5-4-6-10-8;1-8(2,3)7-9-10(4,5)6;1-6(2,3)5-7-4;1-5-6(2,3)4;;;/h4-6H,7-8H2,1-3H3;2*4-6H,7H2,1-3H3;7H2,1-6H3;5H2,1-4H3;5H2,1-4H3;3*1H4. The van der Waals surface area contributed by atoms with Crippen LogP contribution < -0.4 is 0 Å². The number of thiophene rings is 1. The maximum Gasteiger partial charge on any atom is 0.183 e. The second kappa shape index (κ2) is 30.6. The molecule has 0 N–H and O–H groups in total. The molecule has 0 saturated heterocycles. The van der Waals surface area contributed by atoms with E-state index in [1.54, 1.807) is 18.9 Å². The molecule has 0 atom stereocenters. The van der Waals surface area contributed by atoms with Gasteiger partial charge in [-0.3, -0.25) is 0 Å². The van der Waals surface area contributed by atoms with Crippen LogP contribution in [0.15, 0.2) is 64.1 Å². The SMILES string of the molecule is C.C.C.CC(C)(C)CC1=CC=CC1.CC(C)(C)CO[Si](C)(C)C.CC(C)(C)Cc1ccco1.CC(C)(C)Cc1cccs1.CCC(C)(C)C.COCC(C)(C)C. The highest BCUT2D eigenvalue weighted by molar-refractivity contribution is 7.09. The van der Waals surface area contributed by atoms with E-state index in [2.05, 4.69) is 187 Å². The van der Waals surface area contributed by atoms with Crippen LogP contribution in [0.5, 0.6) is 0 Å². The summed E-state index contributed by atoms with van der Waals surface area (Å²) in [4.78, 5) is 1.49. The number of allylic oxidation sites excluding steroid dienone is 4. The average molecular weight is 826 g/mol. The molecule has 3 rings (SSSR count). The van der Waals surface area contributed by atoms with E-state index in [0.29, 0.717) is 32.5 Å². The Hall–Kier alpha value is -1.40. The normalized spacial score (nSPS) is 12.7. The molecule has 0 fully saturated rings. The van der Waals surface area contributed by atoms with Crippen LogP contribution in [0.2, 0.25) is 19.6 Å². The van der Waals surface area contributed by atoms with Crippen LogP contribution in [0.1, 0.15) is 184 Å². The third-order valence-corrected chi connectivity index (χ3v) is 8.64. The summed E-state index contributed by atoms with van der Waals surface area (Å²) in [5.41, 5.74) is 3.99. The molecule has 0 aromatic carbocycles. The van der Waals surface area contributed by atoms with Gasteiger partial charge in [0.2, 0.25) is 0 Å². The summed E-state index contributed by atoms with van der Waals surface area (Å²) in [6, 6.07) is 8.27. The first-order valence-corrected chi connectivity index (χ1v) is 24.4. The molecule has 0 amide bonds. The molecule has 0 saturated carbocycles. The summed E-state index contributed by atoms with van der Waals surface area (Å²) < 4.78 is 15.8. The summed E-state index contributed by atoms with van der Waals surface area (Å²) in [5, 5.41) is 2.14. The minimum atomic E-state index is -1.27. The number of ether oxygens (including phenoxy) is 1. The number of methoxy groups -OCH3 is 1. The molecule has 0 bridgehead atoms. The van der Waals surface area contributed by atoms with Crippen molar-refractivity contribution in [2.24, 2.45) is 32.5 Å². The second-order valence-electron chi connectivity index (χ2n) is 22.7. The number of furan rings is 1. The van der Waals surface area contributed by atoms with Crippen molar-refractivity contribution in [3.8, 4) is 0 Å². The Labute approximate surface area is 360 Å². The quantitative estimate of drug-likeness (QED) is 0.272. The monoisotopic (exact) mass is 825 g/mol. The maximum absolute atomic E-state index is 5.73. The van der Waals surface area contributed by atoms with E-state index < -0.39 is 8.32 Å².